The van der Waals surface area contributed by atoms with Crippen molar-refractivity contribution in [1.82, 2.24) is 25.2 Å². The van der Waals surface area contributed by atoms with E-state index in [-0.39, 0.29) is 11.9 Å². The minimum atomic E-state index is -0.311. The van der Waals surface area contributed by atoms with Gasteiger partial charge in [-0.05, 0) is 32.6 Å². The Balaban J connectivity index is 1.59. The zero-order valence-electron chi connectivity index (χ0n) is 15.7. The van der Waals surface area contributed by atoms with Crippen LogP contribution in [0.1, 0.15) is 22.9 Å². The number of hydrogen-bond donors (Lipinski definition) is 1. The molecule has 0 fully saturated rings. The molecule has 6 nitrogen and oxygen atoms in total. The largest absolute Gasteiger partial charge is 0.354 e. The van der Waals surface area contributed by atoms with Crippen LogP contribution in [0.25, 0.3) is 10.8 Å². The molecule has 140 valence electrons. The van der Waals surface area contributed by atoms with Crippen molar-refractivity contribution in [3.63, 3.8) is 0 Å². The molecular weight excluding hydrogens is 358 g/mol. The Hall–Kier alpha value is -2.64. The standard InChI is InChI=1S/C20H23N5OS/c1-14-6-4-7-15(12-14)17(25(2)3)19(26)23-11-8-16-13-27-20(24-16)18-21-9-5-10-22-18/h4-7,9-10,12-13,17H,8,11H2,1-3H3,(H,23,26)/t17-/m1/s1. The molecule has 0 aliphatic heterocycles. The monoisotopic (exact) mass is 381 g/mol. The van der Waals surface area contributed by atoms with Crippen molar-refractivity contribution in [1.29, 1.82) is 0 Å². The first-order valence-corrected chi connectivity index (χ1v) is 9.65. The van der Waals surface area contributed by atoms with Gasteiger partial charge in [0.2, 0.25) is 5.91 Å². The first kappa shape index (κ1) is 19.1. The Labute approximate surface area is 163 Å². The summed E-state index contributed by atoms with van der Waals surface area (Å²) in [7, 11) is 3.83. The van der Waals surface area contributed by atoms with Gasteiger partial charge in [-0.15, -0.1) is 11.3 Å². The van der Waals surface area contributed by atoms with E-state index in [4.69, 9.17) is 0 Å². The molecule has 7 heteroatoms. The molecule has 0 unspecified atom stereocenters. The van der Waals surface area contributed by atoms with E-state index < -0.39 is 0 Å². The van der Waals surface area contributed by atoms with E-state index in [1.807, 2.05) is 49.5 Å². The van der Waals surface area contributed by atoms with Crippen LogP contribution in [0.2, 0.25) is 0 Å². The average Bonchev–Trinajstić information content (AvgIpc) is 3.11. The SMILES string of the molecule is Cc1cccc([C@H](C(=O)NCCc2csc(-c3ncccn3)n2)N(C)C)c1. The maximum absolute atomic E-state index is 12.7. The second kappa shape index (κ2) is 8.83. The quantitative estimate of drug-likeness (QED) is 0.681. The molecule has 2 heterocycles. The summed E-state index contributed by atoms with van der Waals surface area (Å²) in [5.41, 5.74) is 3.07. The average molecular weight is 382 g/mol. The van der Waals surface area contributed by atoms with Gasteiger partial charge in [0.05, 0.1) is 5.69 Å². The van der Waals surface area contributed by atoms with Gasteiger partial charge in [0, 0.05) is 30.7 Å². The van der Waals surface area contributed by atoms with Crippen LogP contribution in [0.3, 0.4) is 0 Å². The fourth-order valence-corrected chi connectivity index (χ4v) is 3.67. The number of likely N-dealkylation sites (N-methyl/N-ethyl adjacent to an activating group) is 1. The maximum atomic E-state index is 12.7. The summed E-state index contributed by atoms with van der Waals surface area (Å²) in [5.74, 6) is 0.623. The number of thiazole rings is 1. The van der Waals surface area contributed by atoms with Crippen molar-refractivity contribution >= 4 is 17.2 Å². The number of aryl methyl sites for hydroxylation is 1. The summed E-state index contributed by atoms with van der Waals surface area (Å²) in [6, 6.07) is 9.53. The normalized spacial score (nSPS) is 12.1. The number of carbonyl (C=O) groups is 1. The highest BCUT2D eigenvalue weighted by atomic mass is 32.1. The lowest BCUT2D eigenvalue weighted by Crippen LogP contribution is -2.38. The van der Waals surface area contributed by atoms with E-state index in [0.717, 1.165) is 21.8 Å². The maximum Gasteiger partial charge on any atom is 0.241 e. The molecule has 1 N–H and O–H groups in total. The molecule has 2 aromatic heterocycles. The number of amides is 1. The predicted octanol–water partition coefficient (Wildman–Crippen LogP) is 2.87. The fourth-order valence-electron chi connectivity index (χ4n) is 2.87. The lowest BCUT2D eigenvalue weighted by atomic mass is 10.0. The van der Waals surface area contributed by atoms with Crippen LogP contribution in [0.4, 0.5) is 0 Å². The molecule has 0 radical (unpaired) electrons. The number of carbonyl (C=O) groups excluding carboxylic acids is 1. The molecule has 0 spiro atoms. The van der Waals surface area contributed by atoms with Gasteiger partial charge in [0.15, 0.2) is 10.8 Å². The minimum absolute atomic E-state index is 0.00699. The number of benzene rings is 1. The fraction of sp³-hybridized carbons (Fsp3) is 0.300. The Morgan fingerprint density at radius 2 is 2.00 bits per heavy atom. The Morgan fingerprint density at radius 3 is 2.70 bits per heavy atom. The van der Waals surface area contributed by atoms with E-state index in [1.54, 1.807) is 18.5 Å². The lowest BCUT2D eigenvalue weighted by Gasteiger charge is -2.24. The first-order chi connectivity index (χ1) is 13.0. The minimum Gasteiger partial charge on any atom is -0.354 e. The van der Waals surface area contributed by atoms with Crippen LogP contribution >= 0.6 is 11.3 Å². The molecule has 1 aromatic carbocycles. The summed E-state index contributed by atoms with van der Waals surface area (Å²) < 4.78 is 0. The van der Waals surface area contributed by atoms with E-state index >= 15 is 0 Å². The third-order valence-electron chi connectivity index (χ3n) is 4.11. The van der Waals surface area contributed by atoms with Gasteiger partial charge < -0.3 is 5.32 Å². The third-order valence-corrected chi connectivity index (χ3v) is 5.00. The highest BCUT2D eigenvalue weighted by Crippen LogP contribution is 2.21. The van der Waals surface area contributed by atoms with Gasteiger partial charge in [-0.25, -0.2) is 15.0 Å². The van der Waals surface area contributed by atoms with Crippen LogP contribution in [-0.2, 0) is 11.2 Å². The van der Waals surface area contributed by atoms with Gasteiger partial charge in [-0.1, -0.05) is 29.8 Å². The molecule has 3 rings (SSSR count). The zero-order chi connectivity index (χ0) is 19.2. The van der Waals surface area contributed by atoms with E-state index in [2.05, 4.69) is 26.3 Å². The van der Waals surface area contributed by atoms with Gasteiger partial charge in [-0.3, -0.25) is 9.69 Å². The smallest absolute Gasteiger partial charge is 0.241 e. The molecule has 0 saturated heterocycles. The van der Waals surface area contributed by atoms with Gasteiger partial charge in [0.1, 0.15) is 6.04 Å². The van der Waals surface area contributed by atoms with Crippen LogP contribution in [-0.4, -0.2) is 46.4 Å². The first-order valence-electron chi connectivity index (χ1n) is 8.77. The van der Waals surface area contributed by atoms with Crippen LogP contribution in [0.15, 0.2) is 48.1 Å². The topological polar surface area (TPSA) is 71.0 Å². The third kappa shape index (κ3) is 4.96. The number of hydrogen-bond acceptors (Lipinski definition) is 6. The highest BCUT2D eigenvalue weighted by Gasteiger charge is 2.22. The zero-order valence-corrected chi connectivity index (χ0v) is 16.5. The molecule has 0 bridgehead atoms. The number of aromatic nitrogens is 3. The summed E-state index contributed by atoms with van der Waals surface area (Å²) in [5, 5.41) is 5.81. The predicted molar refractivity (Wildman–Crippen MR) is 107 cm³/mol. The van der Waals surface area contributed by atoms with E-state index in [9.17, 15) is 4.79 Å². The number of rotatable bonds is 7. The van der Waals surface area contributed by atoms with Crippen molar-refractivity contribution in [3.05, 3.63) is 64.9 Å². The number of nitrogens with one attached hydrogen (secondary N) is 1. The Bertz CT molecular complexity index is 894. The molecule has 1 amide bonds. The molecule has 3 aromatic rings. The Morgan fingerprint density at radius 1 is 1.22 bits per heavy atom. The molecular formula is C20H23N5OS. The molecule has 1 atom stereocenters. The van der Waals surface area contributed by atoms with Gasteiger partial charge >= 0.3 is 0 Å². The van der Waals surface area contributed by atoms with Crippen molar-refractivity contribution in [2.75, 3.05) is 20.6 Å². The molecule has 0 saturated carbocycles. The van der Waals surface area contributed by atoms with Crippen molar-refractivity contribution in [3.8, 4) is 10.8 Å². The summed E-state index contributed by atoms with van der Waals surface area (Å²) in [6.45, 7) is 2.57. The summed E-state index contributed by atoms with van der Waals surface area (Å²) >= 11 is 1.51. The molecule has 27 heavy (non-hydrogen) atoms. The Kier molecular flexibility index (Phi) is 6.26. The van der Waals surface area contributed by atoms with E-state index in [1.165, 1.54) is 11.3 Å². The summed E-state index contributed by atoms with van der Waals surface area (Å²) in [4.78, 5) is 27.6. The number of nitrogens with zero attached hydrogens (tertiary/aromatic N) is 4. The second-order valence-electron chi connectivity index (χ2n) is 6.54. The highest BCUT2D eigenvalue weighted by molar-refractivity contribution is 7.13. The van der Waals surface area contributed by atoms with Crippen LogP contribution < -0.4 is 5.32 Å². The van der Waals surface area contributed by atoms with Crippen LogP contribution in [0, 0.1) is 6.92 Å². The molecule has 0 aliphatic carbocycles. The van der Waals surface area contributed by atoms with Crippen molar-refractivity contribution < 1.29 is 4.79 Å². The molecule has 0 aliphatic rings. The van der Waals surface area contributed by atoms with E-state index in [0.29, 0.717) is 18.8 Å². The van der Waals surface area contributed by atoms with Gasteiger partial charge in [-0.2, -0.15) is 0 Å². The van der Waals surface area contributed by atoms with Crippen LogP contribution in [0.5, 0.6) is 0 Å². The van der Waals surface area contributed by atoms with Crippen molar-refractivity contribution in [2.45, 2.75) is 19.4 Å². The second-order valence-corrected chi connectivity index (χ2v) is 7.40. The summed E-state index contributed by atoms with van der Waals surface area (Å²) in [6.07, 6.45) is 4.08. The van der Waals surface area contributed by atoms with Crippen molar-refractivity contribution in [2.24, 2.45) is 0 Å². The van der Waals surface area contributed by atoms with Gasteiger partial charge in [0.25, 0.3) is 0 Å². The lowest BCUT2D eigenvalue weighted by molar-refractivity contribution is -0.125.